The Hall–Kier alpha value is -2.09. The van der Waals surface area contributed by atoms with E-state index in [0.717, 1.165) is 19.3 Å². The second-order valence-corrected chi connectivity index (χ2v) is 10.2. The fraction of sp³-hybridized carbons (Fsp3) is 0.792. The average molecular weight is 450 g/mol. The summed E-state index contributed by atoms with van der Waals surface area (Å²) in [5, 5.41) is 18.0. The Morgan fingerprint density at radius 3 is 2.72 bits per heavy atom. The van der Waals surface area contributed by atoms with E-state index in [1.54, 1.807) is 0 Å². The third-order valence-electron chi connectivity index (χ3n) is 6.88. The lowest BCUT2D eigenvalue weighted by Gasteiger charge is -2.35. The Kier molecular flexibility index (Phi) is 8.96. The summed E-state index contributed by atoms with van der Waals surface area (Å²) in [6.45, 7) is 4.70. The highest BCUT2D eigenvalue weighted by atomic mass is 16.5. The lowest BCUT2D eigenvalue weighted by Crippen LogP contribution is -2.51. The van der Waals surface area contributed by atoms with E-state index in [0.29, 0.717) is 50.2 Å². The summed E-state index contributed by atoms with van der Waals surface area (Å²) in [5.74, 6) is 1.22. The highest BCUT2D eigenvalue weighted by molar-refractivity contribution is 5.86. The zero-order valence-electron chi connectivity index (χ0n) is 19.3. The van der Waals surface area contributed by atoms with Crippen molar-refractivity contribution < 1.29 is 24.2 Å². The molecule has 6 atom stereocenters. The van der Waals surface area contributed by atoms with E-state index in [2.05, 4.69) is 28.1 Å². The standard InChI is InChI=1S/C24H39N3O5/c1-15(2)8-21(23(30)26-20(13-28)12-19-6-7-25-22(19)29)27-24(31)32-14-18-10-16-4-3-5-17(9-16)11-18/h3-4,15-21,28H,5-14H2,1-2H3,(H,25,29)(H,26,30)(H,27,31)/t16-,17+,18+,19+,20+,21+/m1/s1. The number of allylic oxidation sites excluding steroid dienone is 2. The summed E-state index contributed by atoms with van der Waals surface area (Å²) in [6, 6.07) is -1.28. The zero-order chi connectivity index (χ0) is 23.1. The largest absolute Gasteiger partial charge is 0.449 e. The maximum Gasteiger partial charge on any atom is 0.407 e. The van der Waals surface area contributed by atoms with Gasteiger partial charge in [0.05, 0.1) is 19.3 Å². The molecular formula is C24H39N3O5. The van der Waals surface area contributed by atoms with Crippen molar-refractivity contribution in [3.63, 3.8) is 0 Å². The summed E-state index contributed by atoms with van der Waals surface area (Å²) in [4.78, 5) is 37.2. The number of carbonyl (C=O) groups excluding carboxylic acids is 3. The van der Waals surface area contributed by atoms with Crippen molar-refractivity contribution in [2.24, 2.45) is 29.6 Å². The first-order valence-corrected chi connectivity index (χ1v) is 12.1. The molecule has 1 heterocycles. The molecule has 3 rings (SSSR count). The van der Waals surface area contributed by atoms with Crippen LogP contribution < -0.4 is 16.0 Å². The van der Waals surface area contributed by atoms with E-state index in [1.165, 1.54) is 6.42 Å². The molecule has 0 aromatic rings. The number of hydrogen-bond donors (Lipinski definition) is 4. The number of aliphatic hydroxyl groups is 1. The Morgan fingerprint density at radius 1 is 1.25 bits per heavy atom. The van der Waals surface area contributed by atoms with Gasteiger partial charge in [0.25, 0.3) is 0 Å². The normalized spacial score (nSPS) is 28.7. The maximum atomic E-state index is 12.9. The Labute approximate surface area is 190 Å². The lowest BCUT2D eigenvalue weighted by atomic mass is 9.71. The third-order valence-corrected chi connectivity index (χ3v) is 6.88. The number of carbonyl (C=O) groups is 3. The molecule has 0 radical (unpaired) electrons. The van der Waals surface area contributed by atoms with Crippen LogP contribution in [0.4, 0.5) is 4.79 Å². The van der Waals surface area contributed by atoms with Crippen LogP contribution >= 0.6 is 0 Å². The van der Waals surface area contributed by atoms with Gasteiger partial charge in [-0.3, -0.25) is 9.59 Å². The number of aliphatic hydroxyl groups excluding tert-OH is 1. The van der Waals surface area contributed by atoms with Gasteiger partial charge >= 0.3 is 6.09 Å². The minimum absolute atomic E-state index is 0.0412. The molecule has 3 amide bonds. The number of fused-ring (bicyclic) bond motifs is 2. The third kappa shape index (κ3) is 7.22. The molecule has 1 saturated heterocycles. The molecule has 8 heteroatoms. The van der Waals surface area contributed by atoms with Crippen LogP contribution in [0, 0.1) is 29.6 Å². The first-order chi connectivity index (χ1) is 15.3. The molecule has 32 heavy (non-hydrogen) atoms. The quantitative estimate of drug-likeness (QED) is 0.381. The number of nitrogens with one attached hydrogen (secondary N) is 3. The van der Waals surface area contributed by atoms with Crippen LogP contribution in [0.25, 0.3) is 0 Å². The number of rotatable bonds is 10. The topological polar surface area (TPSA) is 117 Å². The summed E-state index contributed by atoms with van der Waals surface area (Å²) >= 11 is 0. The monoisotopic (exact) mass is 449 g/mol. The molecule has 0 spiro atoms. The highest BCUT2D eigenvalue weighted by Gasteiger charge is 2.32. The van der Waals surface area contributed by atoms with Gasteiger partial charge in [-0.15, -0.1) is 0 Å². The van der Waals surface area contributed by atoms with Gasteiger partial charge in [-0.25, -0.2) is 4.79 Å². The van der Waals surface area contributed by atoms with Crippen LogP contribution in [0.15, 0.2) is 12.2 Å². The van der Waals surface area contributed by atoms with E-state index in [4.69, 9.17) is 4.74 Å². The van der Waals surface area contributed by atoms with E-state index < -0.39 is 18.2 Å². The van der Waals surface area contributed by atoms with E-state index in [9.17, 15) is 19.5 Å². The van der Waals surface area contributed by atoms with Crippen molar-refractivity contribution in [3.8, 4) is 0 Å². The molecule has 8 nitrogen and oxygen atoms in total. The maximum absolute atomic E-state index is 12.9. The SMILES string of the molecule is CC(C)C[C@H](NC(=O)OC[C@H]1C[C@@H]2C=CC[C@@H](C2)C1)C(=O)N[C@H](CO)C[C@@H]1CCNC1=O. The molecule has 1 aliphatic heterocycles. The Morgan fingerprint density at radius 2 is 2.06 bits per heavy atom. The average Bonchev–Trinajstić information content (AvgIpc) is 3.15. The van der Waals surface area contributed by atoms with Crippen LogP contribution in [0.5, 0.6) is 0 Å². The molecule has 2 fully saturated rings. The van der Waals surface area contributed by atoms with Gasteiger partial charge in [0.2, 0.25) is 11.8 Å². The molecule has 0 aromatic heterocycles. The van der Waals surface area contributed by atoms with Gasteiger partial charge < -0.3 is 25.8 Å². The van der Waals surface area contributed by atoms with Crippen LogP contribution in [-0.4, -0.2) is 54.9 Å². The highest BCUT2D eigenvalue weighted by Crippen LogP contribution is 2.39. The van der Waals surface area contributed by atoms with Gasteiger partial charge in [0, 0.05) is 12.5 Å². The van der Waals surface area contributed by atoms with Gasteiger partial charge in [-0.2, -0.15) is 0 Å². The second kappa shape index (κ2) is 11.7. The smallest absolute Gasteiger partial charge is 0.407 e. The first-order valence-electron chi connectivity index (χ1n) is 12.1. The van der Waals surface area contributed by atoms with E-state index in [-0.39, 0.29) is 30.3 Å². The van der Waals surface area contributed by atoms with Crippen molar-refractivity contribution in [2.45, 2.75) is 70.9 Å². The van der Waals surface area contributed by atoms with E-state index in [1.807, 2.05) is 13.8 Å². The van der Waals surface area contributed by atoms with Crippen LogP contribution in [0.3, 0.4) is 0 Å². The summed E-state index contributed by atoms with van der Waals surface area (Å²) in [5.41, 5.74) is 0. The van der Waals surface area contributed by atoms with Crippen molar-refractivity contribution in [1.29, 1.82) is 0 Å². The van der Waals surface area contributed by atoms with Crippen molar-refractivity contribution in [1.82, 2.24) is 16.0 Å². The van der Waals surface area contributed by atoms with Crippen molar-refractivity contribution in [3.05, 3.63) is 12.2 Å². The molecule has 2 aliphatic carbocycles. The number of amides is 3. The van der Waals surface area contributed by atoms with Gasteiger partial charge in [0.15, 0.2) is 0 Å². The van der Waals surface area contributed by atoms with Gasteiger partial charge in [-0.1, -0.05) is 26.0 Å². The fourth-order valence-corrected chi connectivity index (χ4v) is 5.34. The van der Waals surface area contributed by atoms with Crippen LogP contribution in [0.1, 0.15) is 58.8 Å². The minimum atomic E-state index is -0.748. The number of alkyl carbamates (subject to hydrolysis) is 1. The number of ether oxygens (including phenoxy) is 1. The summed E-state index contributed by atoms with van der Waals surface area (Å²) in [7, 11) is 0. The fourth-order valence-electron chi connectivity index (χ4n) is 5.34. The molecule has 1 saturated carbocycles. The lowest BCUT2D eigenvalue weighted by molar-refractivity contribution is -0.126. The molecule has 4 N–H and O–H groups in total. The molecule has 180 valence electrons. The molecular weight excluding hydrogens is 410 g/mol. The molecule has 3 aliphatic rings. The molecule has 2 bridgehead atoms. The minimum Gasteiger partial charge on any atom is -0.449 e. The van der Waals surface area contributed by atoms with E-state index >= 15 is 0 Å². The van der Waals surface area contributed by atoms with Crippen LogP contribution in [0.2, 0.25) is 0 Å². The molecule has 0 unspecified atom stereocenters. The second-order valence-electron chi connectivity index (χ2n) is 10.2. The molecule has 0 aromatic carbocycles. The number of hydrogen-bond acceptors (Lipinski definition) is 5. The Bertz CT molecular complexity index is 695. The van der Waals surface area contributed by atoms with Gasteiger partial charge in [0.1, 0.15) is 6.04 Å². The predicted molar refractivity (Wildman–Crippen MR) is 121 cm³/mol. The first kappa shape index (κ1) is 24.6. The Balaban J connectivity index is 1.48. The van der Waals surface area contributed by atoms with Crippen LogP contribution in [-0.2, 0) is 14.3 Å². The summed E-state index contributed by atoms with van der Waals surface area (Å²) in [6.07, 6.45) is 10.0. The van der Waals surface area contributed by atoms with Crippen molar-refractivity contribution in [2.75, 3.05) is 19.8 Å². The van der Waals surface area contributed by atoms with Gasteiger partial charge in [-0.05, 0) is 68.6 Å². The summed E-state index contributed by atoms with van der Waals surface area (Å²) < 4.78 is 5.51. The zero-order valence-corrected chi connectivity index (χ0v) is 19.3. The predicted octanol–water partition coefficient (Wildman–Crippen LogP) is 2.12. The van der Waals surface area contributed by atoms with Crippen molar-refractivity contribution >= 4 is 17.9 Å².